The van der Waals surface area contributed by atoms with Crippen LogP contribution in [0.15, 0.2) is 16.3 Å². The molecule has 0 saturated carbocycles. The van der Waals surface area contributed by atoms with Gasteiger partial charge in [0.25, 0.3) is 0 Å². The Hall–Kier alpha value is -1.43. The number of esters is 1. The molecular weight excluding hydrogens is 288 g/mol. The fraction of sp³-hybridized carbons (Fsp3) is 0.455. The number of hydrogen-bond acceptors (Lipinski definition) is 6. The molecule has 0 radical (unpaired) electrons. The maximum atomic E-state index is 12.0. The maximum absolute atomic E-state index is 12.0. The Balaban J connectivity index is 2.82. The molecule has 1 heterocycles. The summed E-state index contributed by atoms with van der Waals surface area (Å²) in [6.07, 6.45) is 0. The molecule has 0 bridgehead atoms. The van der Waals surface area contributed by atoms with Crippen LogP contribution in [0.1, 0.15) is 18.7 Å². The van der Waals surface area contributed by atoms with Crippen molar-refractivity contribution in [3.05, 3.63) is 17.0 Å². The van der Waals surface area contributed by atoms with E-state index in [9.17, 15) is 13.2 Å². The Morgan fingerprint density at radius 2 is 2.16 bits per heavy atom. The molecule has 0 amide bonds. The molecule has 0 aliphatic carbocycles. The molecule has 1 N–H and O–H groups in total. The van der Waals surface area contributed by atoms with Crippen LogP contribution in [0.4, 0.5) is 0 Å². The van der Waals surface area contributed by atoms with E-state index < -0.39 is 21.4 Å². The van der Waals surface area contributed by atoms with Crippen molar-refractivity contribution in [3.8, 4) is 6.07 Å². The summed E-state index contributed by atoms with van der Waals surface area (Å²) < 4.78 is 30.9. The van der Waals surface area contributed by atoms with Gasteiger partial charge in [-0.05, 0) is 26.0 Å². The van der Waals surface area contributed by atoms with E-state index in [4.69, 9.17) is 5.26 Å². The van der Waals surface area contributed by atoms with Crippen LogP contribution in [-0.2, 0) is 19.6 Å². The van der Waals surface area contributed by atoms with Crippen molar-refractivity contribution < 1.29 is 17.9 Å². The number of thiophene rings is 1. The number of nitrogens with zero attached hydrogens (tertiary/aromatic N) is 1. The van der Waals surface area contributed by atoms with Crippen LogP contribution in [0.25, 0.3) is 0 Å². The van der Waals surface area contributed by atoms with Gasteiger partial charge in [0.2, 0.25) is 10.0 Å². The van der Waals surface area contributed by atoms with Gasteiger partial charge in [-0.3, -0.25) is 4.79 Å². The minimum absolute atomic E-state index is 0.0460. The first-order chi connectivity index (χ1) is 8.73. The smallest absolute Gasteiger partial charge is 0.312 e. The molecule has 0 aliphatic rings. The van der Waals surface area contributed by atoms with E-state index in [0.717, 1.165) is 11.3 Å². The Morgan fingerprint density at radius 3 is 2.63 bits per heavy atom. The summed E-state index contributed by atoms with van der Waals surface area (Å²) in [6.45, 7) is 3.08. The maximum Gasteiger partial charge on any atom is 0.312 e. The number of nitrogens with one attached hydrogen (secondary N) is 1. The second kappa shape index (κ2) is 5.69. The molecule has 8 heteroatoms. The highest BCUT2D eigenvalue weighted by molar-refractivity contribution is 7.91. The van der Waals surface area contributed by atoms with Gasteiger partial charge in [0.1, 0.15) is 15.2 Å². The van der Waals surface area contributed by atoms with Crippen LogP contribution >= 0.6 is 11.3 Å². The predicted molar refractivity (Wildman–Crippen MR) is 70.0 cm³/mol. The first-order valence-electron chi connectivity index (χ1n) is 5.31. The first-order valence-corrected chi connectivity index (χ1v) is 7.61. The number of methoxy groups -OCH3 is 1. The van der Waals surface area contributed by atoms with E-state index in [1.807, 2.05) is 6.07 Å². The number of hydrogen-bond donors (Lipinski definition) is 1. The van der Waals surface area contributed by atoms with Crippen molar-refractivity contribution in [1.29, 1.82) is 5.26 Å². The fourth-order valence-corrected chi connectivity index (χ4v) is 3.58. The lowest BCUT2D eigenvalue weighted by Gasteiger charge is -2.21. The van der Waals surface area contributed by atoms with Crippen molar-refractivity contribution in [3.63, 3.8) is 0 Å². The van der Waals surface area contributed by atoms with Crippen molar-refractivity contribution >= 4 is 27.3 Å². The quantitative estimate of drug-likeness (QED) is 0.821. The Kier molecular flexibility index (Phi) is 4.68. The monoisotopic (exact) mass is 302 g/mol. The SMILES string of the molecule is COC(=O)C(C)(C)CNS(=O)(=O)c1ccc(C#N)s1. The highest BCUT2D eigenvalue weighted by Gasteiger charge is 2.31. The normalized spacial score (nSPS) is 11.9. The molecule has 1 aromatic heterocycles. The summed E-state index contributed by atoms with van der Waals surface area (Å²) in [5.74, 6) is -0.501. The van der Waals surface area contributed by atoms with Crippen LogP contribution in [0.3, 0.4) is 0 Å². The van der Waals surface area contributed by atoms with E-state index in [-0.39, 0.29) is 10.8 Å². The van der Waals surface area contributed by atoms with Crippen LogP contribution in [0, 0.1) is 16.7 Å². The lowest BCUT2D eigenvalue weighted by Crippen LogP contribution is -2.39. The summed E-state index contributed by atoms with van der Waals surface area (Å²) in [7, 11) is -2.47. The Bertz CT molecular complexity index is 611. The zero-order valence-electron chi connectivity index (χ0n) is 10.8. The second-order valence-electron chi connectivity index (χ2n) is 4.43. The van der Waals surface area contributed by atoms with E-state index in [0.29, 0.717) is 4.88 Å². The van der Waals surface area contributed by atoms with Crippen molar-refractivity contribution in [2.75, 3.05) is 13.7 Å². The molecule has 0 aromatic carbocycles. The van der Waals surface area contributed by atoms with E-state index >= 15 is 0 Å². The van der Waals surface area contributed by atoms with Gasteiger partial charge in [-0.1, -0.05) is 0 Å². The predicted octanol–water partition coefficient (Wildman–Crippen LogP) is 1.10. The minimum Gasteiger partial charge on any atom is -0.469 e. The number of nitriles is 1. The van der Waals surface area contributed by atoms with Crippen molar-refractivity contribution in [2.45, 2.75) is 18.1 Å². The van der Waals surface area contributed by atoms with Gasteiger partial charge in [-0.25, -0.2) is 13.1 Å². The van der Waals surface area contributed by atoms with Gasteiger partial charge in [0.15, 0.2) is 0 Å². The molecule has 104 valence electrons. The van der Waals surface area contributed by atoms with E-state index in [1.54, 1.807) is 13.8 Å². The number of ether oxygens (including phenoxy) is 1. The summed E-state index contributed by atoms with van der Waals surface area (Å²) >= 11 is 0.877. The highest BCUT2D eigenvalue weighted by Crippen LogP contribution is 2.22. The molecule has 0 atom stereocenters. The molecule has 6 nitrogen and oxygen atoms in total. The van der Waals surface area contributed by atoms with Gasteiger partial charge in [-0.15, -0.1) is 11.3 Å². The van der Waals surface area contributed by atoms with Gasteiger partial charge in [0, 0.05) is 6.54 Å². The van der Waals surface area contributed by atoms with Crippen LogP contribution < -0.4 is 4.72 Å². The van der Waals surface area contributed by atoms with Gasteiger partial charge in [0.05, 0.1) is 12.5 Å². The highest BCUT2D eigenvalue weighted by atomic mass is 32.2. The molecule has 0 spiro atoms. The molecule has 0 saturated heterocycles. The van der Waals surface area contributed by atoms with Crippen LogP contribution in [-0.4, -0.2) is 28.0 Å². The fourth-order valence-electron chi connectivity index (χ4n) is 1.22. The second-order valence-corrected chi connectivity index (χ2v) is 7.51. The molecule has 1 aromatic rings. The lowest BCUT2D eigenvalue weighted by molar-refractivity contribution is -0.150. The van der Waals surface area contributed by atoms with E-state index in [2.05, 4.69) is 9.46 Å². The Morgan fingerprint density at radius 1 is 1.53 bits per heavy atom. The molecular formula is C11H14N2O4S2. The first kappa shape index (κ1) is 15.6. The number of rotatable bonds is 5. The largest absolute Gasteiger partial charge is 0.469 e. The number of carbonyl (C=O) groups excluding carboxylic acids is 1. The van der Waals surface area contributed by atoms with Gasteiger partial charge < -0.3 is 4.74 Å². The molecule has 0 unspecified atom stereocenters. The van der Waals surface area contributed by atoms with Crippen LogP contribution in [0.5, 0.6) is 0 Å². The minimum atomic E-state index is -3.71. The number of sulfonamides is 1. The van der Waals surface area contributed by atoms with Crippen molar-refractivity contribution in [2.24, 2.45) is 5.41 Å². The zero-order valence-corrected chi connectivity index (χ0v) is 12.4. The van der Waals surface area contributed by atoms with Crippen LogP contribution in [0.2, 0.25) is 0 Å². The Labute approximate surface area is 116 Å². The summed E-state index contributed by atoms with van der Waals surface area (Å²) in [6, 6.07) is 4.66. The third-order valence-corrected chi connectivity index (χ3v) is 5.28. The summed E-state index contributed by atoms with van der Waals surface area (Å²) in [5, 5.41) is 8.66. The van der Waals surface area contributed by atoms with E-state index in [1.165, 1.54) is 19.2 Å². The lowest BCUT2D eigenvalue weighted by atomic mass is 9.94. The van der Waals surface area contributed by atoms with Crippen molar-refractivity contribution in [1.82, 2.24) is 4.72 Å². The third kappa shape index (κ3) is 3.76. The third-order valence-electron chi connectivity index (χ3n) is 2.40. The average Bonchev–Trinajstić information content (AvgIpc) is 2.85. The summed E-state index contributed by atoms with van der Waals surface area (Å²) in [5.41, 5.74) is -0.961. The number of carbonyl (C=O) groups is 1. The zero-order chi connectivity index (χ0) is 14.7. The summed E-state index contributed by atoms with van der Waals surface area (Å²) in [4.78, 5) is 11.8. The van der Waals surface area contributed by atoms with Gasteiger partial charge in [-0.2, -0.15) is 5.26 Å². The average molecular weight is 302 g/mol. The molecule has 1 rings (SSSR count). The van der Waals surface area contributed by atoms with Gasteiger partial charge >= 0.3 is 5.97 Å². The molecule has 19 heavy (non-hydrogen) atoms. The topological polar surface area (TPSA) is 96.3 Å². The molecule has 0 fully saturated rings. The standard InChI is InChI=1S/C11H14N2O4S2/c1-11(2,10(14)17-3)7-13-19(15,16)9-5-4-8(6-12)18-9/h4-5,13H,7H2,1-3H3. The molecule has 0 aliphatic heterocycles.